The van der Waals surface area contributed by atoms with E-state index < -0.39 is 5.97 Å². The molecule has 0 saturated heterocycles. The van der Waals surface area contributed by atoms with E-state index in [2.05, 4.69) is 18.6 Å². The van der Waals surface area contributed by atoms with Crippen molar-refractivity contribution in [1.82, 2.24) is 0 Å². The molecule has 0 aromatic rings. The smallest absolute Gasteiger partial charge is 0.313 e. The third-order valence-corrected chi connectivity index (χ3v) is 2.85. The molecule has 0 heterocycles. The monoisotopic (exact) mass is 318 g/mol. The molecule has 6 nitrogen and oxygen atoms in total. The fourth-order valence-electron chi connectivity index (χ4n) is 1.80. The molecule has 0 fully saturated rings. The molecule has 0 bridgehead atoms. The van der Waals surface area contributed by atoms with E-state index in [0.29, 0.717) is 26.4 Å². The predicted octanol–water partition coefficient (Wildman–Crippen LogP) is 1.85. The fourth-order valence-corrected chi connectivity index (χ4v) is 1.80. The van der Waals surface area contributed by atoms with Crippen molar-refractivity contribution in [3.8, 4) is 0 Å². The number of hydrogen-bond acceptors (Lipinski definition) is 6. The van der Waals surface area contributed by atoms with E-state index in [1.54, 1.807) is 7.11 Å². The zero-order valence-corrected chi connectivity index (χ0v) is 14.7. The van der Waals surface area contributed by atoms with E-state index in [9.17, 15) is 9.59 Å². The lowest BCUT2D eigenvalue weighted by Gasteiger charge is -2.28. The second-order valence-electron chi connectivity index (χ2n) is 7.04. The molecule has 0 amide bonds. The van der Waals surface area contributed by atoms with Crippen LogP contribution in [0.15, 0.2) is 0 Å². The fraction of sp³-hybridized carbons (Fsp3) is 0.875. The minimum atomic E-state index is -0.545. The first-order valence-electron chi connectivity index (χ1n) is 7.35. The van der Waals surface area contributed by atoms with Crippen molar-refractivity contribution < 1.29 is 28.5 Å². The molecule has 0 aromatic heterocycles. The van der Waals surface area contributed by atoms with Crippen LogP contribution in [0.2, 0.25) is 0 Å². The molecule has 0 unspecified atom stereocenters. The summed E-state index contributed by atoms with van der Waals surface area (Å²) < 4.78 is 20.7. The second-order valence-corrected chi connectivity index (χ2v) is 7.04. The lowest BCUT2D eigenvalue weighted by Crippen LogP contribution is -2.31. The van der Waals surface area contributed by atoms with Gasteiger partial charge in [0.1, 0.15) is 13.0 Å². The van der Waals surface area contributed by atoms with Gasteiger partial charge in [0.2, 0.25) is 0 Å². The van der Waals surface area contributed by atoms with E-state index in [0.717, 1.165) is 0 Å². The Balaban J connectivity index is 3.95. The molecule has 0 radical (unpaired) electrons. The molecular formula is C16H30O6. The van der Waals surface area contributed by atoms with Gasteiger partial charge in [0.25, 0.3) is 0 Å². The van der Waals surface area contributed by atoms with Gasteiger partial charge in [0.15, 0.2) is 5.78 Å². The zero-order chi connectivity index (χ0) is 17.2. The number of Topliss-reactive ketones (excluding diaryl/α,β-unsaturated/α-hetero) is 1. The molecule has 130 valence electrons. The second kappa shape index (κ2) is 9.92. The van der Waals surface area contributed by atoms with Gasteiger partial charge in [-0.2, -0.15) is 0 Å². The highest BCUT2D eigenvalue weighted by molar-refractivity contribution is 5.96. The summed E-state index contributed by atoms with van der Waals surface area (Å²) >= 11 is 0. The summed E-state index contributed by atoms with van der Waals surface area (Å²) in [5.74, 6) is -0.832. The Morgan fingerprint density at radius 3 is 1.82 bits per heavy atom. The number of ketones is 1. The predicted molar refractivity (Wildman–Crippen MR) is 82.7 cm³/mol. The van der Waals surface area contributed by atoms with E-state index in [1.807, 2.05) is 13.8 Å². The Hall–Kier alpha value is -0.980. The SMILES string of the molecule is COCC(C)(C)COCC(C)(C)COCC(=O)CC(=O)OC. The number of ether oxygens (including phenoxy) is 4. The Morgan fingerprint density at radius 2 is 1.32 bits per heavy atom. The van der Waals surface area contributed by atoms with Crippen molar-refractivity contribution in [2.45, 2.75) is 34.1 Å². The molecule has 22 heavy (non-hydrogen) atoms. The topological polar surface area (TPSA) is 71.1 Å². The standard InChI is InChI=1S/C16H30O6/c1-15(2,9-19-5)11-22-12-16(3,4)10-21-8-13(17)7-14(18)20-6/h7-12H2,1-6H3. The van der Waals surface area contributed by atoms with Crippen LogP contribution in [0.3, 0.4) is 0 Å². The van der Waals surface area contributed by atoms with Crippen molar-refractivity contribution >= 4 is 11.8 Å². The summed E-state index contributed by atoms with van der Waals surface area (Å²) in [5, 5.41) is 0. The molecule has 0 saturated carbocycles. The lowest BCUT2D eigenvalue weighted by molar-refractivity contribution is -0.144. The maximum Gasteiger partial charge on any atom is 0.313 e. The van der Waals surface area contributed by atoms with Crippen LogP contribution in [0.1, 0.15) is 34.1 Å². The summed E-state index contributed by atoms with van der Waals surface area (Å²) in [6.45, 7) is 10.2. The van der Waals surface area contributed by atoms with Crippen LogP contribution in [-0.4, -0.2) is 59.0 Å². The van der Waals surface area contributed by atoms with Crippen LogP contribution in [0.4, 0.5) is 0 Å². The minimum Gasteiger partial charge on any atom is -0.469 e. The van der Waals surface area contributed by atoms with Gasteiger partial charge in [-0.25, -0.2) is 0 Å². The van der Waals surface area contributed by atoms with Crippen LogP contribution in [0.25, 0.3) is 0 Å². The van der Waals surface area contributed by atoms with E-state index in [4.69, 9.17) is 14.2 Å². The molecule has 0 aliphatic heterocycles. The lowest BCUT2D eigenvalue weighted by atomic mass is 9.94. The van der Waals surface area contributed by atoms with Crippen molar-refractivity contribution in [3.63, 3.8) is 0 Å². The number of methoxy groups -OCH3 is 2. The Kier molecular flexibility index (Phi) is 9.48. The first-order valence-corrected chi connectivity index (χ1v) is 7.35. The van der Waals surface area contributed by atoms with Gasteiger partial charge in [-0.15, -0.1) is 0 Å². The molecule has 0 aliphatic rings. The van der Waals surface area contributed by atoms with Gasteiger partial charge in [0.05, 0.1) is 33.5 Å². The Labute approximate surface area is 133 Å². The molecule has 0 atom stereocenters. The first-order chi connectivity index (χ1) is 10.1. The van der Waals surface area contributed by atoms with E-state index in [1.165, 1.54) is 7.11 Å². The molecule has 0 N–H and O–H groups in total. The van der Waals surface area contributed by atoms with Gasteiger partial charge >= 0.3 is 5.97 Å². The van der Waals surface area contributed by atoms with Crippen molar-refractivity contribution in [2.75, 3.05) is 47.3 Å². The highest BCUT2D eigenvalue weighted by Crippen LogP contribution is 2.20. The highest BCUT2D eigenvalue weighted by atomic mass is 16.5. The number of carbonyl (C=O) groups is 2. The zero-order valence-electron chi connectivity index (χ0n) is 14.7. The third-order valence-electron chi connectivity index (χ3n) is 2.85. The third kappa shape index (κ3) is 10.7. The molecule has 0 spiro atoms. The average Bonchev–Trinajstić information content (AvgIpc) is 2.37. The highest BCUT2D eigenvalue weighted by Gasteiger charge is 2.23. The van der Waals surface area contributed by atoms with Gasteiger partial charge in [0, 0.05) is 17.9 Å². The molecule has 0 rings (SSSR count). The van der Waals surface area contributed by atoms with Gasteiger partial charge < -0.3 is 18.9 Å². The maximum absolute atomic E-state index is 11.4. The number of carbonyl (C=O) groups excluding carboxylic acids is 2. The summed E-state index contributed by atoms with van der Waals surface area (Å²) in [6.07, 6.45) is -0.251. The molecule has 0 aliphatic carbocycles. The number of rotatable bonds is 12. The van der Waals surface area contributed by atoms with Crippen LogP contribution < -0.4 is 0 Å². The van der Waals surface area contributed by atoms with Crippen LogP contribution in [0.5, 0.6) is 0 Å². The van der Waals surface area contributed by atoms with E-state index in [-0.39, 0.29) is 29.6 Å². The number of hydrogen-bond donors (Lipinski definition) is 0. The quantitative estimate of drug-likeness (QED) is 0.404. The van der Waals surface area contributed by atoms with E-state index >= 15 is 0 Å². The van der Waals surface area contributed by atoms with Gasteiger partial charge in [-0.05, 0) is 0 Å². The van der Waals surface area contributed by atoms with Crippen molar-refractivity contribution in [2.24, 2.45) is 10.8 Å². The van der Waals surface area contributed by atoms with Gasteiger partial charge in [-0.3, -0.25) is 9.59 Å². The van der Waals surface area contributed by atoms with Crippen molar-refractivity contribution in [3.05, 3.63) is 0 Å². The first kappa shape index (κ1) is 21.0. The van der Waals surface area contributed by atoms with Crippen LogP contribution in [0, 0.1) is 10.8 Å². The van der Waals surface area contributed by atoms with Crippen LogP contribution in [-0.2, 0) is 28.5 Å². The molecule has 6 heteroatoms. The maximum atomic E-state index is 11.4. The summed E-state index contributed by atoms with van der Waals surface area (Å²) in [6, 6.07) is 0. The van der Waals surface area contributed by atoms with Crippen molar-refractivity contribution in [1.29, 1.82) is 0 Å². The Morgan fingerprint density at radius 1 is 0.818 bits per heavy atom. The minimum absolute atomic E-state index is 0.0395. The Bertz CT molecular complexity index is 349. The van der Waals surface area contributed by atoms with Crippen LogP contribution >= 0.6 is 0 Å². The average molecular weight is 318 g/mol. The summed E-state index contributed by atoms with van der Waals surface area (Å²) in [5.41, 5.74) is -0.253. The summed E-state index contributed by atoms with van der Waals surface area (Å²) in [4.78, 5) is 22.4. The number of esters is 1. The van der Waals surface area contributed by atoms with Gasteiger partial charge in [-0.1, -0.05) is 27.7 Å². The normalized spacial score (nSPS) is 12.3. The molecular weight excluding hydrogens is 288 g/mol. The largest absolute Gasteiger partial charge is 0.469 e. The molecule has 0 aromatic carbocycles. The summed E-state index contributed by atoms with van der Waals surface area (Å²) in [7, 11) is 2.92.